The van der Waals surface area contributed by atoms with Crippen LogP contribution in [0, 0.1) is 6.92 Å². The molecule has 0 saturated carbocycles. The third-order valence-corrected chi connectivity index (χ3v) is 5.06. The van der Waals surface area contributed by atoms with Crippen molar-refractivity contribution in [3.63, 3.8) is 0 Å². The zero-order valence-electron chi connectivity index (χ0n) is 18.6. The van der Waals surface area contributed by atoms with Crippen LogP contribution in [0.2, 0.25) is 0 Å². The highest BCUT2D eigenvalue weighted by Gasteiger charge is 2.28. The fourth-order valence-corrected chi connectivity index (χ4v) is 3.27. The summed E-state index contributed by atoms with van der Waals surface area (Å²) in [6.07, 6.45) is 1.82. The van der Waals surface area contributed by atoms with Gasteiger partial charge in [0.15, 0.2) is 30.5 Å². The Labute approximate surface area is 187 Å². The van der Waals surface area contributed by atoms with Gasteiger partial charge in [-0.1, -0.05) is 19.4 Å². The smallest absolute Gasteiger partial charge is 0.265 e. The number of ether oxygens (including phenoxy) is 3. The number of hydrogen-bond donors (Lipinski definition) is 1. The fraction of sp³-hybridized carbons (Fsp3) is 0.375. The highest BCUT2D eigenvalue weighted by molar-refractivity contribution is 6.04. The van der Waals surface area contributed by atoms with E-state index in [1.165, 1.54) is 12.0 Å². The van der Waals surface area contributed by atoms with E-state index in [0.717, 1.165) is 18.4 Å². The van der Waals surface area contributed by atoms with E-state index in [2.05, 4.69) is 5.32 Å². The second-order valence-electron chi connectivity index (χ2n) is 7.52. The molecule has 1 aliphatic rings. The van der Waals surface area contributed by atoms with Crippen molar-refractivity contribution in [2.24, 2.45) is 0 Å². The summed E-state index contributed by atoms with van der Waals surface area (Å²) in [5.74, 6) is 0.583. The first-order valence-corrected chi connectivity index (χ1v) is 10.6. The van der Waals surface area contributed by atoms with Crippen LogP contribution in [0.4, 0.5) is 5.69 Å². The normalized spacial score (nSPS) is 12.6. The maximum atomic E-state index is 12.8. The van der Waals surface area contributed by atoms with Gasteiger partial charge < -0.3 is 19.5 Å². The van der Waals surface area contributed by atoms with Gasteiger partial charge >= 0.3 is 0 Å². The Balaban J connectivity index is 1.73. The van der Waals surface area contributed by atoms with Gasteiger partial charge in [-0.05, 0) is 49.2 Å². The van der Waals surface area contributed by atoms with E-state index >= 15 is 0 Å². The molecule has 0 aliphatic carbocycles. The van der Waals surface area contributed by atoms with E-state index < -0.39 is 0 Å². The maximum absolute atomic E-state index is 12.8. The average molecular weight is 440 g/mol. The first-order chi connectivity index (χ1) is 15.4. The fourth-order valence-electron chi connectivity index (χ4n) is 3.27. The van der Waals surface area contributed by atoms with Crippen LogP contribution in [0.15, 0.2) is 36.4 Å². The number of fused-ring (bicyclic) bond motifs is 1. The summed E-state index contributed by atoms with van der Waals surface area (Å²) in [7, 11) is 1.54. The van der Waals surface area contributed by atoms with Crippen molar-refractivity contribution < 1.29 is 28.6 Å². The Kier molecular flexibility index (Phi) is 7.70. The third-order valence-electron chi connectivity index (χ3n) is 5.06. The predicted octanol–water partition coefficient (Wildman–Crippen LogP) is 2.91. The van der Waals surface area contributed by atoms with E-state index in [4.69, 9.17) is 14.2 Å². The standard InChI is InChI=1S/C24H28N2O6/c1-4-5-10-25-23(28)13-26-18-12-17(7-9-20(18)32-15-24(26)29)19(27)14-31-21-8-6-16(2)11-22(21)30-3/h6-9,11-12H,4-5,10,13-15H2,1-3H3,(H,25,28). The number of amides is 2. The van der Waals surface area contributed by atoms with Crippen molar-refractivity contribution in [2.45, 2.75) is 26.7 Å². The van der Waals surface area contributed by atoms with Gasteiger partial charge in [-0.3, -0.25) is 19.3 Å². The molecule has 0 fully saturated rings. The van der Waals surface area contributed by atoms with Crippen LogP contribution in [-0.2, 0) is 9.59 Å². The minimum Gasteiger partial charge on any atom is -0.493 e. The number of rotatable bonds is 10. The monoisotopic (exact) mass is 440 g/mol. The SMILES string of the molecule is CCCCNC(=O)CN1C(=O)COc2ccc(C(=O)COc3ccc(C)cc3OC)cc21. The van der Waals surface area contributed by atoms with Crippen molar-refractivity contribution in [3.8, 4) is 17.2 Å². The van der Waals surface area contributed by atoms with Crippen molar-refractivity contribution in [3.05, 3.63) is 47.5 Å². The van der Waals surface area contributed by atoms with Gasteiger partial charge in [0.25, 0.3) is 5.91 Å². The van der Waals surface area contributed by atoms with Gasteiger partial charge in [-0.15, -0.1) is 0 Å². The van der Waals surface area contributed by atoms with Crippen molar-refractivity contribution >= 4 is 23.3 Å². The lowest BCUT2D eigenvalue weighted by molar-refractivity contribution is -0.125. The second kappa shape index (κ2) is 10.7. The summed E-state index contributed by atoms with van der Waals surface area (Å²) in [5.41, 5.74) is 1.76. The van der Waals surface area contributed by atoms with Gasteiger partial charge in [0, 0.05) is 12.1 Å². The number of anilines is 1. The summed E-state index contributed by atoms with van der Waals surface area (Å²) >= 11 is 0. The molecule has 0 saturated heterocycles. The molecule has 0 unspecified atom stereocenters. The number of methoxy groups -OCH3 is 1. The van der Waals surface area contributed by atoms with Crippen LogP contribution >= 0.6 is 0 Å². The van der Waals surface area contributed by atoms with Crippen LogP contribution in [0.5, 0.6) is 17.2 Å². The molecule has 0 atom stereocenters. The number of carbonyl (C=O) groups excluding carboxylic acids is 3. The maximum Gasteiger partial charge on any atom is 0.265 e. The molecule has 1 heterocycles. The third kappa shape index (κ3) is 5.57. The van der Waals surface area contributed by atoms with E-state index in [1.807, 2.05) is 26.0 Å². The van der Waals surface area contributed by atoms with Crippen molar-refractivity contribution in [1.29, 1.82) is 0 Å². The van der Waals surface area contributed by atoms with E-state index in [1.54, 1.807) is 24.3 Å². The molecule has 8 nitrogen and oxygen atoms in total. The van der Waals surface area contributed by atoms with Crippen molar-refractivity contribution in [2.75, 3.05) is 38.3 Å². The molecular weight excluding hydrogens is 412 g/mol. The number of benzene rings is 2. The Morgan fingerprint density at radius 1 is 1.16 bits per heavy atom. The minimum absolute atomic E-state index is 0.131. The molecule has 2 aromatic carbocycles. The minimum atomic E-state index is -0.339. The molecule has 3 rings (SSSR count). The molecule has 2 aromatic rings. The summed E-state index contributed by atoms with van der Waals surface area (Å²) in [6.45, 7) is 4.03. The molecular formula is C24H28N2O6. The summed E-state index contributed by atoms with van der Waals surface area (Å²) in [6, 6.07) is 10.2. The Morgan fingerprint density at radius 2 is 1.97 bits per heavy atom. The first-order valence-electron chi connectivity index (χ1n) is 10.6. The molecule has 1 aliphatic heterocycles. The molecule has 8 heteroatoms. The zero-order chi connectivity index (χ0) is 23.1. The summed E-state index contributed by atoms with van der Waals surface area (Å²) in [4.78, 5) is 38.8. The second-order valence-corrected chi connectivity index (χ2v) is 7.52. The Hall–Kier alpha value is -3.55. The Morgan fingerprint density at radius 3 is 2.72 bits per heavy atom. The predicted molar refractivity (Wildman–Crippen MR) is 120 cm³/mol. The quantitative estimate of drug-likeness (QED) is 0.451. The van der Waals surface area contributed by atoms with Crippen LogP contribution in [0.25, 0.3) is 0 Å². The molecule has 2 amide bonds. The number of nitrogens with zero attached hydrogens (tertiary/aromatic N) is 1. The largest absolute Gasteiger partial charge is 0.493 e. The lowest BCUT2D eigenvalue weighted by Crippen LogP contribution is -2.45. The van der Waals surface area contributed by atoms with Gasteiger partial charge in [-0.2, -0.15) is 0 Å². The van der Waals surface area contributed by atoms with Gasteiger partial charge in [0.2, 0.25) is 5.91 Å². The number of carbonyl (C=O) groups is 3. The number of nitrogens with one attached hydrogen (secondary N) is 1. The van der Waals surface area contributed by atoms with Crippen LogP contribution < -0.4 is 24.4 Å². The van der Waals surface area contributed by atoms with E-state index in [-0.39, 0.29) is 37.4 Å². The molecule has 32 heavy (non-hydrogen) atoms. The number of hydrogen-bond acceptors (Lipinski definition) is 6. The van der Waals surface area contributed by atoms with Crippen LogP contribution in [-0.4, -0.2) is 51.0 Å². The molecule has 0 radical (unpaired) electrons. The molecule has 1 N–H and O–H groups in total. The molecule has 0 spiro atoms. The number of ketones is 1. The van der Waals surface area contributed by atoms with Crippen LogP contribution in [0.3, 0.4) is 0 Å². The summed E-state index contributed by atoms with van der Waals surface area (Å²) in [5, 5.41) is 2.80. The van der Waals surface area contributed by atoms with Gasteiger partial charge in [0.05, 0.1) is 12.8 Å². The van der Waals surface area contributed by atoms with Gasteiger partial charge in [0.1, 0.15) is 12.3 Å². The lowest BCUT2D eigenvalue weighted by atomic mass is 10.1. The number of unbranched alkanes of at least 4 members (excludes halogenated alkanes) is 1. The summed E-state index contributed by atoms with van der Waals surface area (Å²) < 4.78 is 16.4. The van der Waals surface area contributed by atoms with Crippen molar-refractivity contribution in [1.82, 2.24) is 5.32 Å². The zero-order valence-corrected chi connectivity index (χ0v) is 18.6. The molecule has 0 aromatic heterocycles. The topological polar surface area (TPSA) is 94.2 Å². The van der Waals surface area contributed by atoms with E-state index in [9.17, 15) is 14.4 Å². The highest BCUT2D eigenvalue weighted by Crippen LogP contribution is 2.33. The lowest BCUT2D eigenvalue weighted by Gasteiger charge is -2.29. The van der Waals surface area contributed by atoms with Crippen LogP contribution in [0.1, 0.15) is 35.7 Å². The Bertz CT molecular complexity index is 1000. The highest BCUT2D eigenvalue weighted by atomic mass is 16.5. The first kappa shape index (κ1) is 23.1. The number of aryl methyl sites for hydroxylation is 1. The van der Waals surface area contributed by atoms with Gasteiger partial charge in [-0.25, -0.2) is 0 Å². The van der Waals surface area contributed by atoms with E-state index in [0.29, 0.717) is 35.0 Å². The average Bonchev–Trinajstić information content (AvgIpc) is 2.79. The molecule has 170 valence electrons. The molecule has 0 bridgehead atoms. The number of Topliss-reactive ketones (excluding diaryl/α,β-unsaturated/α-hetero) is 1.